The number of carbonyl (C=O) groups is 1. The van der Waals surface area contributed by atoms with Crippen LogP contribution in [-0.2, 0) is 4.79 Å². The van der Waals surface area contributed by atoms with Crippen molar-refractivity contribution >= 4 is 38.6 Å². The standard InChI is InChI=1S/C17H15BrN2O2/c1-2-4-16(21)19-13-7-8-15-14(10-13)20-17(22-15)11-5-3-6-12(18)9-11/h3,5-10H,2,4H2,1H3,(H,19,21). The summed E-state index contributed by atoms with van der Waals surface area (Å²) < 4.78 is 6.74. The van der Waals surface area contributed by atoms with E-state index in [4.69, 9.17) is 4.42 Å². The number of aromatic nitrogens is 1. The molecule has 1 amide bonds. The highest BCUT2D eigenvalue weighted by Crippen LogP contribution is 2.27. The minimum absolute atomic E-state index is 0.0116. The van der Waals surface area contributed by atoms with Crippen LogP contribution in [0, 0.1) is 0 Å². The maximum absolute atomic E-state index is 11.7. The van der Waals surface area contributed by atoms with Gasteiger partial charge in [-0.2, -0.15) is 0 Å². The lowest BCUT2D eigenvalue weighted by Gasteiger charge is -2.02. The van der Waals surface area contributed by atoms with Gasteiger partial charge in [-0.25, -0.2) is 4.98 Å². The molecule has 22 heavy (non-hydrogen) atoms. The number of carbonyl (C=O) groups excluding carboxylic acids is 1. The number of rotatable bonds is 4. The largest absolute Gasteiger partial charge is 0.436 e. The van der Waals surface area contributed by atoms with Crippen molar-refractivity contribution in [3.63, 3.8) is 0 Å². The number of oxazole rings is 1. The highest BCUT2D eigenvalue weighted by atomic mass is 79.9. The minimum atomic E-state index is 0.0116. The summed E-state index contributed by atoms with van der Waals surface area (Å²) in [6, 6.07) is 13.3. The summed E-state index contributed by atoms with van der Waals surface area (Å²) in [5.41, 5.74) is 3.06. The molecule has 0 bridgehead atoms. The fraction of sp³-hybridized carbons (Fsp3) is 0.176. The zero-order valence-corrected chi connectivity index (χ0v) is 13.7. The Morgan fingerprint density at radius 3 is 2.91 bits per heavy atom. The van der Waals surface area contributed by atoms with Crippen molar-refractivity contribution in [3.05, 3.63) is 46.9 Å². The molecule has 112 valence electrons. The molecule has 5 heteroatoms. The molecule has 1 aromatic heterocycles. The quantitative estimate of drug-likeness (QED) is 0.714. The molecule has 0 aliphatic carbocycles. The zero-order valence-electron chi connectivity index (χ0n) is 12.1. The molecular weight excluding hydrogens is 344 g/mol. The highest BCUT2D eigenvalue weighted by molar-refractivity contribution is 9.10. The Hall–Kier alpha value is -2.14. The summed E-state index contributed by atoms with van der Waals surface area (Å²) in [6.07, 6.45) is 1.34. The van der Waals surface area contributed by atoms with Gasteiger partial charge in [0.2, 0.25) is 11.8 Å². The highest BCUT2D eigenvalue weighted by Gasteiger charge is 2.10. The molecule has 0 atom stereocenters. The molecule has 3 aromatic rings. The third kappa shape index (κ3) is 3.20. The van der Waals surface area contributed by atoms with E-state index >= 15 is 0 Å². The molecule has 4 nitrogen and oxygen atoms in total. The summed E-state index contributed by atoms with van der Waals surface area (Å²) in [5, 5.41) is 2.87. The summed E-state index contributed by atoms with van der Waals surface area (Å²) in [7, 11) is 0. The number of nitrogens with zero attached hydrogens (tertiary/aromatic N) is 1. The summed E-state index contributed by atoms with van der Waals surface area (Å²) >= 11 is 3.44. The van der Waals surface area contributed by atoms with Crippen LogP contribution in [0.25, 0.3) is 22.6 Å². The minimum Gasteiger partial charge on any atom is -0.436 e. The van der Waals surface area contributed by atoms with E-state index in [1.807, 2.05) is 49.4 Å². The molecule has 0 aliphatic heterocycles. The lowest BCUT2D eigenvalue weighted by molar-refractivity contribution is -0.116. The zero-order chi connectivity index (χ0) is 15.5. The van der Waals surface area contributed by atoms with Crippen LogP contribution in [0.4, 0.5) is 5.69 Å². The second-order valence-corrected chi connectivity index (χ2v) is 5.93. The van der Waals surface area contributed by atoms with E-state index in [1.54, 1.807) is 0 Å². The maximum Gasteiger partial charge on any atom is 0.227 e. The molecule has 1 heterocycles. The smallest absolute Gasteiger partial charge is 0.227 e. The second kappa shape index (κ2) is 6.32. The number of fused-ring (bicyclic) bond motifs is 1. The predicted molar refractivity (Wildman–Crippen MR) is 90.7 cm³/mol. The number of benzene rings is 2. The molecule has 3 rings (SSSR count). The van der Waals surface area contributed by atoms with Crippen LogP contribution in [0.1, 0.15) is 19.8 Å². The van der Waals surface area contributed by atoms with Crippen molar-refractivity contribution < 1.29 is 9.21 Å². The van der Waals surface area contributed by atoms with Gasteiger partial charge in [0.1, 0.15) is 5.52 Å². The maximum atomic E-state index is 11.7. The third-order valence-electron chi connectivity index (χ3n) is 3.22. The van der Waals surface area contributed by atoms with E-state index in [9.17, 15) is 4.79 Å². The van der Waals surface area contributed by atoms with Crippen molar-refractivity contribution in [3.8, 4) is 11.5 Å². The van der Waals surface area contributed by atoms with Crippen molar-refractivity contribution in [2.24, 2.45) is 0 Å². The van der Waals surface area contributed by atoms with Crippen molar-refractivity contribution in [1.29, 1.82) is 0 Å². The van der Waals surface area contributed by atoms with Gasteiger partial charge in [0.15, 0.2) is 5.58 Å². The average molecular weight is 359 g/mol. The van der Waals surface area contributed by atoms with Gasteiger partial charge in [0, 0.05) is 22.1 Å². The number of amides is 1. The van der Waals surface area contributed by atoms with E-state index < -0.39 is 0 Å². The van der Waals surface area contributed by atoms with E-state index in [0.717, 1.165) is 27.7 Å². The third-order valence-corrected chi connectivity index (χ3v) is 3.71. The topological polar surface area (TPSA) is 55.1 Å². The molecule has 0 saturated carbocycles. The number of nitrogens with one attached hydrogen (secondary N) is 1. The van der Waals surface area contributed by atoms with Gasteiger partial charge in [-0.15, -0.1) is 0 Å². The Morgan fingerprint density at radius 1 is 1.27 bits per heavy atom. The van der Waals surface area contributed by atoms with Gasteiger partial charge in [-0.1, -0.05) is 28.9 Å². The molecule has 0 spiro atoms. The van der Waals surface area contributed by atoms with Crippen LogP contribution in [0.3, 0.4) is 0 Å². The lowest BCUT2D eigenvalue weighted by Crippen LogP contribution is -2.10. The first-order valence-electron chi connectivity index (χ1n) is 7.12. The number of anilines is 1. The second-order valence-electron chi connectivity index (χ2n) is 5.01. The van der Waals surface area contributed by atoms with E-state index in [2.05, 4.69) is 26.2 Å². The van der Waals surface area contributed by atoms with E-state index in [-0.39, 0.29) is 5.91 Å². The van der Waals surface area contributed by atoms with Crippen molar-refractivity contribution in [1.82, 2.24) is 4.98 Å². The Kier molecular flexibility index (Phi) is 4.24. The molecule has 0 radical (unpaired) electrons. The van der Waals surface area contributed by atoms with Gasteiger partial charge in [-0.3, -0.25) is 4.79 Å². The van der Waals surface area contributed by atoms with Crippen LogP contribution < -0.4 is 5.32 Å². The van der Waals surface area contributed by atoms with Crippen LogP contribution in [0.5, 0.6) is 0 Å². The number of hydrogen-bond donors (Lipinski definition) is 1. The first-order chi connectivity index (χ1) is 10.7. The molecule has 0 unspecified atom stereocenters. The Labute approximate surface area is 136 Å². The van der Waals surface area contributed by atoms with E-state index in [1.165, 1.54) is 0 Å². The van der Waals surface area contributed by atoms with Crippen LogP contribution in [0.15, 0.2) is 51.4 Å². The summed E-state index contributed by atoms with van der Waals surface area (Å²) in [6.45, 7) is 1.98. The molecule has 0 fully saturated rings. The molecule has 0 saturated heterocycles. The normalized spacial score (nSPS) is 10.8. The van der Waals surface area contributed by atoms with Gasteiger partial charge in [0.05, 0.1) is 0 Å². The lowest BCUT2D eigenvalue weighted by atomic mass is 10.2. The molecular formula is C17H15BrN2O2. The first kappa shape index (κ1) is 14.8. The molecule has 2 aromatic carbocycles. The van der Waals surface area contributed by atoms with Gasteiger partial charge < -0.3 is 9.73 Å². The fourth-order valence-electron chi connectivity index (χ4n) is 2.20. The Morgan fingerprint density at radius 2 is 2.14 bits per heavy atom. The predicted octanol–water partition coefficient (Wildman–Crippen LogP) is 5.00. The van der Waals surface area contributed by atoms with Crippen LogP contribution in [-0.4, -0.2) is 10.9 Å². The van der Waals surface area contributed by atoms with E-state index in [0.29, 0.717) is 17.9 Å². The van der Waals surface area contributed by atoms with Gasteiger partial charge in [-0.05, 0) is 42.8 Å². The molecule has 0 aliphatic rings. The first-order valence-corrected chi connectivity index (χ1v) is 7.91. The fourth-order valence-corrected chi connectivity index (χ4v) is 2.60. The SMILES string of the molecule is CCCC(=O)Nc1ccc2oc(-c3cccc(Br)c3)nc2c1. The summed E-state index contributed by atoms with van der Waals surface area (Å²) in [5.74, 6) is 0.575. The van der Waals surface area contributed by atoms with Crippen molar-refractivity contribution in [2.75, 3.05) is 5.32 Å². The Balaban J connectivity index is 1.92. The van der Waals surface area contributed by atoms with Gasteiger partial charge >= 0.3 is 0 Å². The van der Waals surface area contributed by atoms with Crippen molar-refractivity contribution in [2.45, 2.75) is 19.8 Å². The molecule has 1 N–H and O–H groups in total. The van der Waals surface area contributed by atoms with Crippen LogP contribution in [0.2, 0.25) is 0 Å². The monoisotopic (exact) mass is 358 g/mol. The van der Waals surface area contributed by atoms with Gasteiger partial charge in [0.25, 0.3) is 0 Å². The van der Waals surface area contributed by atoms with Crippen LogP contribution >= 0.6 is 15.9 Å². The Bertz CT molecular complexity index is 826. The number of hydrogen-bond acceptors (Lipinski definition) is 3. The summed E-state index contributed by atoms with van der Waals surface area (Å²) in [4.78, 5) is 16.2. The average Bonchev–Trinajstić information content (AvgIpc) is 2.90. The number of halogens is 1.